The lowest BCUT2D eigenvalue weighted by atomic mass is 9.95. The molecule has 6 heteroatoms. The molecule has 1 aliphatic heterocycles. The van der Waals surface area contributed by atoms with Crippen LogP contribution in [0.25, 0.3) is 0 Å². The van der Waals surface area contributed by atoms with Gasteiger partial charge in [-0.05, 0) is 37.0 Å². The van der Waals surface area contributed by atoms with Gasteiger partial charge in [0.25, 0.3) is 0 Å². The Bertz CT molecular complexity index is 540. The highest BCUT2D eigenvalue weighted by atomic mass is 19.1. The molecular formula is C15H19FN2O3. The van der Waals surface area contributed by atoms with Gasteiger partial charge in [-0.1, -0.05) is 13.3 Å². The summed E-state index contributed by atoms with van der Waals surface area (Å²) in [5.74, 6) is -1.50. The highest BCUT2D eigenvalue weighted by molar-refractivity contribution is 5.93. The van der Waals surface area contributed by atoms with E-state index in [0.29, 0.717) is 19.0 Å². The molecule has 0 atom stereocenters. The van der Waals surface area contributed by atoms with E-state index in [0.717, 1.165) is 31.4 Å². The van der Waals surface area contributed by atoms with Crippen LogP contribution < -0.4 is 5.32 Å². The molecule has 0 spiro atoms. The van der Waals surface area contributed by atoms with Crippen molar-refractivity contribution in [1.29, 1.82) is 0 Å². The lowest BCUT2D eigenvalue weighted by molar-refractivity contribution is 0.0692. The molecule has 1 saturated heterocycles. The topological polar surface area (TPSA) is 69.6 Å². The molecule has 5 nitrogen and oxygen atoms in total. The molecule has 0 saturated carbocycles. The van der Waals surface area contributed by atoms with Gasteiger partial charge in [0.2, 0.25) is 0 Å². The highest BCUT2D eigenvalue weighted by Gasteiger charge is 2.22. The number of carbonyl (C=O) groups excluding carboxylic acids is 1. The zero-order valence-corrected chi connectivity index (χ0v) is 11.9. The number of hydrogen-bond acceptors (Lipinski definition) is 2. The van der Waals surface area contributed by atoms with E-state index in [2.05, 4.69) is 12.2 Å². The number of urea groups is 1. The number of anilines is 1. The van der Waals surface area contributed by atoms with Crippen LogP contribution in [0.5, 0.6) is 0 Å². The maximum absolute atomic E-state index is 13.3. The largest absolute Gasteiger partial charge is 0.478 e. The van der Waals surface area contributed by atoms with Crippen LogP contribution in [0, 0.1) is 11.7 Å². The number of likely N-dealkylation sites (tertiary alicyclic amines) is 1. The Balaban J connectivity index is 2.00. The third-order valence-corrected chi connectivity index (χ3v) is 3.93. The highest BCUT2D eigenvalue weighted by Crippen LogP contribution is 2.21. The summed E-state index contributed by atoms with van der Waals surface area (Å²) in [6, 6.07) is 3.27. The number of piperidine rings is 1. The smallest absolute Gasteiger partial charge is 0.338 e. The molecule has 114 valence electrons. The number of carboxylic acid groups (broad SMARTS) is 1. The van der Waals surface area contributed by atoms with E-state index in [-0.39, 0.29) is 11.7 Å². The lowest BCUT2D eigenvalue weighted by Gasteiger charge is -2.31. The number of nitrogens with one attached hydrogen (secondary N) is 1. The Hall–Kier alpha value is -2.11. The number of nitrogens with zero attached hydrogens (tertiary/aromatic N) is 1. The summed E-state index contributed by atoms with van der Waals surface area (Å²) in [4.78, 5) is 24.7. The second-order valence-electron chi connectivity index (χ2n) is 5.27. The van der Waals surface area contributed by atoms with Crippen molar-refractivity contribution in [2.45, 2.75) is 26.2 Å². The number of amides is 2. The summed E-state index contributed by atoms with van der Waals surface area (Å²) in [6.07, 6.45) is 3.08. The Labute approximate surface area is 122 Å². The minimum absolute atomic E-state index is 0.271. The SMILES string of the molecule is CCC1CCN(C(=O)Nc2ccc(F)c(C(=O)O)c2)CC1. The van der Waals surface area contributed by atoms with E-state index in [4.69, 9.17) is 5.11 Å². The van der Waals surface area contributed by atoms with E-state index >= 15 is 0 Å². The van der Waals surface area contributed by atoms with E-state index in [1.54, 1.807) is 4.90 Å². The summed E-state index contributed by atoms with van der Waals surface area (Å²) < 4.78 is 13.3. The van der Waals surface area contributed by atoms with Crippen molar-refractivity contribution in [3.63, 3.8) is 0 Å². The van der Waals surface area contributed by atoms with E-state index < -0.39 is 17.3 Å². The first-order chi connectivity index (χ1) is 10.0. The molecule has 0 radical (unpaired) electrons. The molecule has 2 amide bonds. The van der Waals surface area contributed by atoms with Crippen LogP contribution in [0.2, 0.25) is 0 Å². The molecule has 1 fully saturated rings. The van der Waals surface area contributed by atoms with Crippen LogP contribution in [-0.2, 0) is 0 Å². The molecule has 0 unspecified atom stereocenters. The maximum Gasteiger partial charge on any atom is 0.338 e. The van der Waals surface area contributed by atoms with Crippen molar-refractivity contribution in [3.8, 4) is 0 Å². The van der Waals surface area contributed by atoms with Crippen LogP contribution in [0.15, 0.2) is 18.2 Å². The van der Waals surface area contributed by atoms with Crippen LogP contribution in [0.3, 0.4) is 0 Å². The van der Waals surface area contributed by atoms with Crippen LogP contribution >= 0.6 is 0 Å². The first-order valence-electron chi connectivity index (χ1n) is 7.10. The van der Waals surface area contributed by atoms with E-state index in [1.165, 1.54) is 6.07 Å². The lowest BCUT2D eigenvalue weighted by Crippen LogP contribution is -2.40. The van der Waals surface area contributed by atoms with Crippen molar-refractivity contribution in [2.75, 3.05) is 18.4 Å². The number of benzene rings is 1. The van der Waals surface area contributed by atoms with Gasteiger partial charge in [-0.25, -0.2) is 14.0 Å². The minimum Gasteiger partial charge on any atom is -0.478 e. The summed E-state index contributed by atoms with van der Waals surface area (Å²) in [6.45, 7) is 3.53. The number of carboxylic acids is 1. The average Bonchev–Trinajstić information content (AvgIpc) is 2.49. The molecule has 1 aromatic rings. The van der Waals surface area contributed by atoms with Gasteiger partial charge in [0.05, 0.1) is 5.56 Å². The third kappa shape index (κ3) is 3.71. The van der Waals surface area contributed by atoms with Crippen LogP contribution in [0.4, 0.5) is 14.9 Å². The van der Waals surface area contributed by atoms with Gasteiger partial charge >= 0.3 is 12.0 Å². The molecule has 1 aromatic carbocycles. The van der Waals surface area contributed by atoms with Gasteiger partial charge in [-0.2, -0.15) is 0 Å². The molecule has 21 heavy (non-hydrogen) atoms. The van der Waals surface area contributed by atoms with E-state index in [1.807, 2.05) is 0 Å². The molecule has 0 aliphatic carbocycles. The Morgan fingerprint density at radius 1 is 1.38 bits per heavy atom. The molecule has 1 aliphatic rings. The van der Waals surface area contributed by atoms with Gasteiger partial charge in [-0.3, -0.25) is 0 Å². The molecule has 2 rings (SSSR count). The van der Waals surface area contributed by atoms with E-state index in [9.17, 15) is 14.0 Å². The number of carbonyl (C=O) groups is 2. The van der Waals surface area contributed by atoms with Crippen molar-refractivity contribution in [1.82, 2.24) is 4.90 Å². The summed E-state index contributed by atoms with van der Waals surface area (Å²) >= 11 is 0. The Kier molecular flexibility index (Phi) is 4.77. The Morgan fingerprint density at radius 2 is 2.05 bits per heavy atom. The first kappa shape index (κ1) is 15.3. The van der Waals surface area contributed by atoms with Crippen molar-refractivity contribution >= 4 is 17.7 Å². The predicted octanol–water partition coefficient (Wildman–Crippen LogP) is 3.18. The second kappa shape index (κ2) is 6.56. The third-order valence-electron chi connectivity index (χ3n) is 3.93. The van der Waals surface area contributed by atoms with Gasteiger partial charge in [0, 0.05) is 18.8 Å². The molecule has 1 heterocycles. The molecular weight excluding hydrogens is 275 g/mol. The Morgan fingerprint density at radius 3 is 2.62 bits per heavy atom. The molecule has 2 N–H and O–H groups in total. The summed E-state index contributed by atoms with van der Waals surface area (Å²) in [5, 5.41) is 11.5. The van der Waals surface area contributed by atoms with Gasteiger partial charge < -0.3 is 15.3 Å². The average molecular weight is 294 g/mol. The van der Waals surface area contributed by atoms with Gasteiger partial charge in [0.1, 0.15) is 5.82 Å². The zero-order valence-electron chi connectivity index (χ0n) is 11.9. The fourth-order valence-electron chi connectivity index (χ4n) is 2.51. The number of rotatable bonds is 3. The van der Waals surface area contributed by atoms with Gasteiger partial charge in [-0.15, -0.1) is 0 Å². The summed E-state index contributed by atoms with van der Waals surface area (Å²) in [5.41, 5.74) is -0.158. The van der Waals surface area contributed by atoms with Gasteiger partial charge in [0.15, 0.2) is 0 Å². The standard InChI is InChI=1S/C15H19FN2O3/c1-2-10-5-7-18(8-6-10)15(21)17-11-3-4-13(16)12(9-11)14(19)20/h3-4,9-10H,2,5-8H2,1H3,(H,17,21)(H,19,20). The minimum atomic E-state index is -1.35. The quantitative estimate of drug-likeness (QED) is 0.899. The zero-order chi connectivity index (χ0) is 15.4. The maximum atomic E-state index is 13.3. The molecule has 0 aromatic heterocycles. The van der Waals surface area contributed by atoms with Crippen molar-refractivity contribution in [2.24, 2.45) is 5.92 Å². The summed E-state index contributed by atoms with van der Waals surface area (Å²) in [7, 11) is 0. The fraction of sp³-hybridized carbons (Fsp3) is 0.467. The monoisotopic (exact) mass is 294 g/mol. The molecule has 0 bridgehead atoms. The van der Waals surface area contributed by atoms with Crippen LogP contribution in [-0.4, -0.2) is 35.1 Å². The van der Waals surface area contributed by atoms with Crippen molar-refractivity contribution in [3.05, 3.63) is 29.6 Å². The van der Waals surface area contributed by atoms with Crippen LogP contribution in [0.1, 0.15) is 36.5 Å². The van der Waals surface area contributed by atoms with Crippen molar-refractivity contribution < 1.29 is 19.1 Å². The predicted molar refractivity (Wildman–Crippen MR) is 77.0 cm³/mol. The fourth-order valence-corrected chi connectivity index (χ4v) is 2.51. The second-order valence-corrected chi connectivity index (χ2v) is 5.27. The number of aromatic carboxylic acids is 1. The normalized spacial score (nSPS) is 15.8. The number of halogens is 1. The first-order valence-corrected chi connectivity index (χ1v) is 7.10. The number of hydrogen-bond donors (Lipinski definition) is 2.